The number of hydrogen-bond acceptors (Lipinski definition) is 4. The molecule has 2 aromatic rings. The molecule has 3 unspecified atom stereocenters. The van der Waals surface area contributed by atoms with Gasteiger partial charge in [0.25, 0.3) is 0 Å². The van der Waals surface area contributed by atoms with E-state index in [1.165, 1.54) is 35.4 Å². The first-order chi connectivity index (χ1) is 18.1. The van der Waals surface area contributed by atoms with E-state index < -0.39 is 63.4 Å². The number of hydrogen-bond donors (Lipinski definition) is 1. The molecule has 2 aliphatic rings. The van der Waals surface area contributed by atoms with Crippen LogP contribution in [0.3, 0.4) is 0 Å². The van der Waals surface area contributed by atoms with E-state index in [2.05, 4.69) is 10.1 Å². The fourth-order valence-corrected chi connectivity index (χ4v) is 6.55. The summed E-state index contributed by atoms with van der Waals surface area (Å²) >= 11 is 0. The highest BCUT2D eigenvalue weighted by Crippen LogP contribution is 2.47. The normalized spacial score (nSPS) is 21.7. The van der Waals surface area contributed by atoms with Crippen LogP contribution >= 0.6 is 0 Å². The summed E-state index contributed by atoms with van der Waals surface area (Å²) in [6.07, 6.45) is -8.47. The van der Waals surface area contributed by atoms with Crippen molar-refractivity contribution < 1.29 is 44.7 Å². The number of amides is 1. The third-order valence-corrected chi connectivity index (χ3v) is 9.09. The first kappa shape index (κ1) is 28.8. The molecule has 0 spiro atoms. The van der Waals surface area contributed by atoms with E-state index >= 15 is 0 Å². The molecule has 1 saturated heterocycles. The molecular weight excluding hydrogens is 558 g/mol. The SMILES string of the molecule is C[S+](c1ccccc1C(F)(F)C(F)(F)F)C1CC(C(=O)NC2(C#N)CC2)N(c2cccc(OC(F)(F)F)c2)C1. The van der Waals surface area contributed by atoms with Crippen LogP contribution in [-0.2, 0) is 21.6 Å². The molecular formula is C25H22F8N3O2S+. The monoisotopic (exact) mass is 580 g/mol. The number of alkyl halides is 8. The first-order valence-corrected chi connectivity index (χ1v) is 13.3. The molecule has 39 heavy (non-hydrogen) atoms. The summed E-state index contributed by atoms with van der Waals surface area (Å²) in [7, 11) is -1.24. The van der Waals surface area contributed by atoms with Gasteiger partial charge in [-0.25, -0.2) is 0 Å². The fraction of sp³-hybridized carbons (Fsp3) is 0.440. The zero-order valence-electron chi connectivity index (χ0n) is 20.2. The van der Waals surface area contributed by atoms with Crippen LogP contribution in [0.1, 0.15) is 24.8 Å². The highest BCUT2D eigenvalue weighted by atomic mass is 32.2. The predicted octanol–water partition coefficient (Wildman–Crippen LogP) is 5.67. The average Bonchev–Trinajstić information content (AvgIpc) is 3.47. The van der Waals surface area contributed by atoms with Crippen LogP contribution < -0.4 is 15.0 Å². The molecule has 5 nitrogen and oxygen atoms in total. The Morgan fingerprint density at radius 1 is 1.08 bits per heavy atom. The van der Waals surface area contributed by atoms with Gasteiger partial charge in [-0.2, -0.15) is 27.2 Å². The molecule has 1 saturated carbocycles. The third kappa shape index (κ3) is 6.03. The molecule has 2 aromatic carbocycles. The Hall–Kier alpha value is -3.21. The Labute approximate surface area is 221 Å². The van der Waals surface area contributed by atoms with Crippen LogP contribution in [0.2, 0.25) is 0 Å². The molecule has 1 aliphatic carbocycles. The molecule has 1 N–H and O–H groups in total. The maximum atomic E-state index is 14.4. The number of carbonyl (C=O) groups excluding carboxylic acids is 1. The van der Waals surface area contributed by atoms with Crippen LogP contribution in [0, 0.1) is 11.3 Å². The van der Waals surface area contributed by atoms with Crippen molar-refractivity contribution in [3.63, 3.8) is 0 Å². The Bertz CT molecular complexity index is 1270. The quantitative estimate of drug-likeness (QED) is 0.339. The summed E-state index contributed by atoms with van der Waals surface area (Å²) in [5.41, 5.74) is -2.09. The number of nitrogens with zero attached hydrogens (tertiary/aromatic N) is 2. The van der Waals surface area contributed by atoms with Crippen LogP contribution in [0.25, 0.3) is 0 Å². The van der Waals surface area contributed by atoms with Crippen molar-refractivity contribution in [2.24, 2.45) is 0 Å². The molecule has 1 amide bonds. The molecule has 14 heteroatoms. The summed E-state index contributed by atoms with van der Waals surface area (Å²) in [5.74, 6) is -6.26. The lowest BCUT2D eigenvalue weighted by atomic mass is 10.1. The van der Waals surface area contributed by atoms with Gasteiger partial charge in [0.2, 0.25) is 5.91 Å². The van der Waals surface area contributed by atoms with Gasteiger partial charge in [-0.05, 0) is 37.1 Å². The number of rotatable bonds is 7. The maximum absolute atomic E-state index is 14.4. The lowest BCUT2D eigenvalue weighted by Gasteiger charge is -2.26. The number of nitriles is 1. The Morgan fingerprint density at radius 3 is 2.33 bits per heavy atom. The molecule has 1 heterocycles. The van der Waals surface area contributed by atoms with Gasteiger partial charge >= 0.3 is 18.5 Å². The van der Waals surface area contributed by atoms with Crippen molar-refractivity contribution in [2.45, 2.75) is 59.4 Å². The Kier molecular flexibility index (Phi) is 7.44. The predicted molar refractivity (Wildman–Crippen MR) is 126 cm³/mol. The van der Waals surface area contributed by atoms with Gasteiger partial charge in [0.05, 0.1) is 18.2 Å². The smallest absolute Gasteiger partial charge is 0.406 e. The summed E-state index contributed by atoms with van der Waals surface area (Å²) in [6.45, 7) is -0.0291. The Balaban J connectivity index is 1.68. The van der Waals surface area contributed by atoms with Gasteiger partial charge in [-0.15, -0.1) is 13.2 Å². The van der Waals surface area contributed by atoms with E-state index in [0.29, 0.717) is 18.9 Å². The average molecular weight is 581 g/mol. The lowest BCUT2D eigenvalue weighted by molar-refractivity contribution is -0.290. The van der Waals surface area contributed by atoms with E-state index in [1.54, 1.807) is 0 Å². The zero-order valence-corrected chi connectivity index (χ0v) is 21.1. The second-order valence-electron chi connectivity index (χ2n) is 9.38. The van der Waals surface area contributed by atoms with E-state index in [4.69, 9.17) is 0 Å². The van der Waals surface area contributed by atoms with Crippen LogP contribution in [-0.4, -0.2) is 48.1 Å². The van der Waals surface area contributed by atoms with Crippen molar-refractivity contribution in [3.8, 4) is 11.8 Å². The van der Waals surface area contributed by atoms with E-state index in [-0.39, 0.29) is 23.5 Å². The van der Waals surface area contributed by atoms with Crippen LogP contribution in [0.15, 0.2) is 53.4 Å². The van der Waals surface area contributed by atoms with Crippen molar-refractivity contribution in [3.05, 3.63) is 54.1 Å². The number of ether oxygens (including phenoxy) is 1. The van der Waals surface area contributed by atoms with Crippen LogP contribution in [0.5, 0.6) is 5.75 Å². The molecule has 0 aromatic heterocycles. The van der Waals surface area contributed by atoms with E-state index in [0.717, 1.165) is 18.2 Å². The topological polar surface area (TPSA) is 65.4 Å². The number of benzene rings is 2. The molecule has 1 aliphatic heterocycles. The minimum atomic E-state index is -5.83. The standard InChI is InChI=1S/C25H21F8N3O2S/c1-39(20-8-3-2-7-18(20)23(26,27)24(28,29)30)17-12-19(21(37)35-22(14-34)9-10-22)36(13-17)15-5-4-6-16(11-15)38-25(31,32)33/h2-8,11,17,19H,9-10,12-13H2,1H3/p+1. The second kappa shape index (κ2) is 10.1. The van der Waals surface area contributed by atoms with E-state index in [9.17, 15) is 45.2 Å². The van der Waals surface area contributed by atoms with Gasteiger partial charge in [-0.3, -0.25) is 4.79 Å². The fourth-order valence-electron chi connectivity index (χ4n) is 4.49. The molecule has 3 atom stereocenters. The van der Waals surface area contributed by atoms with Gasteiger partial charge in [0.1, 0.15) is 28.8 Å². The van der Waals surface area contributed by atoms with Crippen molar-refractivity contribution >= 4 is 22.5 Å². The first-order valence-electron chi connectivity index (χ1n) is 11.6. The molecule has 2 fully saturated rings. The summed E-state index contributed by atoms with van der Waals surface area (Å²) in [4.78, 5) is 14.5. The highest BCUT2D eigenvalue weighted by Gasteiger charge is 2.61. The van der Waals surface area contributed by atoms with E-state index in [1.807, 2.05) is 6.07 Å². The van der Waals surface area contributed by atoms with Gasteiger partial charge < -0.3 is 15.0 Å². The summed E-state index contributed by atoms with van der Waals surface area (Å²) < 4.78 is 111. The summed E-state index contributed by atoms with van der Waals surface area (Å²) in [6, 6.07) is 10.1. The lowest BCUT2D eigenvalue weighted by Crippen LogP contribution is -2.47. The van der Waals surface area contributed by atoms with Crippen molar-refractivity contribution in [2.75, 3.05) is 17.7 Å². The minimum Gasteiger partial charge on any atom is -0.406 e. The van der Waals surface area contributed by atoms with Gasteiger partial charge in [-0.1, -0.05) is 18.2 Å². The molecule has 4 rings (SSSR count). The highest BCUT2D eigenvalue weighted by molar-refractivity contribution is 7.97. The van der Waals surface area contributed by atoms with Crippen molar-refractivity contribution in [1.29, 1.82) is 5.26 Å². The van der Waals surface area contributed by atoms with Gasteiger partial charge in [0, 0.05) is 29.1 Å². The van der Waals surface area contributed by atoms with Crippen molar-refractivity contribution in [1.82, 2.24) is 5.32 Å². The third-order valence-electron chi connectivity index (χ3n) is 6.70. The number of nitrogens with one attached hydrogen (secondary N) is 1. The molecule has 0 radical (unpaired) electrons. The number of anilines is 1. The molecule has 0 bridgehead atoms. The number of carbonyl (C=O) groups is 1. The minimum absolute atomic E-state index is 0.00321. The maximum Gasteiger partial charge on any atom is 0.573 e. The zero-order chi connectivity index (χ0) is 28.8. The van der Waals surface area contributed by atoms with Gasteiger partial charge in [0.15, 0.2) is 4.90 Å². The number of halogens is 8. The Morgan fingerprint density at radius 2 is 1.74 bits per heavy atom. The van der Waals surface area contributed by atoms with Crippen LogP contribution in [0.4, 0.5) is 40.8 Å². The molecule has 210 valence electrons. The second-order valence-corrected chi connectivity index (χ2v) is 11.6. The largest absolute Gasteiger partial charge is 0.573 e. The summed E-state index contributed by atoms with van der Waals surface area (Å²) in [5, 5.41) is 11.4.